The molecule has 1 atom stereocenters. The van der Waals surface area contributed by atoms with Gasteiger partial charge < -0.3 is 9.64 Å². The van der Waals surface area contributed by atoms with E-state index < -0.39 is 0 Å². The van der Waals surface area contributed by atoms with Crippen LogP contribution in [0.25, 0.3) is 0 Å². The van der Waals surface area contributed by atoms with E-state index in [1.807, 2.05) is 48.3 Å². The monoisotopic (exact) mass is 300 g/mol. The van der Waals surface area contributed by atoms with E-state index in [0.29, 0.717) is 5.92 Å². The van der Waals surface area contributed by atoms with Crippen molar-refractivity contribution in [2.45, 2.75) is 26.3 Å². The molecule has 1 unspecified atom stereocenters. The third-order valence-corrected chi connectivity index (χ3v) is 4.14. The molecule has 0 aromatic carbocycles. The number of hydrogen-bond donors (Lipinski definition) is 0. The maximum atomic E-state index is 5.87. The largest absolute Gasteiger partial charge is 0.477 e. The molecule has 0 N–H and O–H groups in total. The van der Waals surface area contributed by atoms with Crippen molar-refractivity contribution in [3.63, 3.8) is 0 Å². The fourth-order valence-electron chi connectivity index (χ4n) is 2.97. The summed E-state index contributed by atoms with van der Waals surface area (Å²) in [6.07, 6.45) is 6.34. The molecule has 3 rings (SSSR count). The summed E-state index contributed by atoms with van der Waals surface area (Å²) in [5, 5.41) is 4.26. The molecule has 118 valence electrons. The van der Waals surface area contributed by atoms with Crippen LogP contribution in [0, 0.1) is 12.8 Å². The molecular formula is C17H24N4O. The summed E-state index contributed by atoms with van der Waals surface area (Å²) in [7, 11) is 0. The van der Waals surface area contributed by atoms with E-state index in [2.05, 4.69) is 15.0 Å². The Morgan fingerprint density at radius 3 is 3.05 bits per heavy atom. The van der Waals surface area contributed by atoms with Gasteiger partial charge in [0.1, 0.15) is 0 Å². The van der Waals surface area contributed by atoms with Crippen molar-refractivity contribution in [1.82, 2.24) is 19.7 Å². The second kappa shape index (κ2) is 7.40. The van der Waals surface area contributed by atoms with Crippen molar-refractivity contribution in [3.05, 3.63) is 42.4 Å². The molecule has 1 saturated heterocycles. The molecule has 5 nitrogen and oxygen atoms in total. The van der Waals surface area contributed by atoms with Crippen LogP contribution in [-0.4, -0.2) is 45.9 Å². The van der Waals surface area contributed by atoms with Crippen LogP contribution >= 0.6 is 0 Å². The van der Waals surface area contributed by atoms with E-state index in [9.17, 15) is 0 Å². The molecule has 0 bridgehead atoms. The van der Waals surface area contributed by atoms with Crippen LogP contribution in [0.4, 0.5) is 0 Å². The highest BCUT2D eigenvalue weighted by atomic mass is 16.5. The molecular weight excluding hydrogens is 276 g/mol. The Morgan fingerprint density at radius 1 is 1.27 bits per heavy atom. The van der Waals surface area contributed by atoms with E-state index in [-0.39, 0.29) is 0 Å². The Morgan fingerprint density at radius 2 is 2.23 bits per heavy atom. The van der Waals surface area contributed by atoms with Crippen LogP contribution in [-0.2, 0) is 6.54 Å². The molecule has 1 aliphatic heterocycles. The first kappa shape index (κ1) is 15.0. The summed E-state index contributed by atoms with van der Waals surface area (Å²) in [6, 6.07) is 7.90. The average molecular weight is 300 g/mol. The van der Waals surface area contributed by atoms with Gasteiger partial charge in [0.2, 0.25) is 5.88 Å². The third-order valence-electron chi connectivity index (χ3n) is 4.14. The number of pyridine rings is 1. The van der Waals surface area contributed by atoms with Crippen LogP contribution in [0.3, 0.4) is 0 Å². The van der Waals surface area contributed by atoms with Gasteiger partial charge in [0.15, 0.2) is 0 Å². The second-order valence-electron chi connectivity index (χ2n) is 6.01. The molecule has 5 heteroatoms. The van der Waals surface area contributed by atoms with Crippen molar-refractivity contribution in [3.8, 4) is 5.88 Å². The lowest BCUT2D eigenvalue weighted by molar-refractivity contribution is 0.124. The van der Waals surface area contributed by atoms with Crippen LogP contribution in [0.2, 0.25) is 0 Å². The van der Waals surface area contributed by atoms with Crippen molar-refractivity contribution in [2.75, 3.05) is 26.2 Å². The van der Waals surface area contributed by atoms with Crippen molar-refractivity contribution >= 4 is 0 Å². The van der Waals surface area contributed by atoms with Gasteiger partial charge in [-0.25, -0.2) is 4.98 Å². The van der Waals surface area contributed by atoms with Gasteiger partial charge in [-0.3, -0.25) is 4.68 Å². The lowest BCUT2D eigenvalue weighted by Gasteiger charge is -2.32. The lowest BCUT2D eigenvalue weighted by Crippen LogP contribution is -2.39. The quantitative estimate of drug-likeness (QED) is 0.821. The van der Waals surface area contributed by atoms with Crippen LogP contribution < -0.4 is 4.74 Å². The van der Waals surface area contributed by atoms with E-state index in [1.54, 1.807) is 0 Å². The Balaban J connectivity index is 1.44. The number of hydrogen-bond acceptors (Lipinski definition) is 4. The molecule has 0 radical (unpaired) electrons. The van der Waals surface area contributed by atoms with Crippen LogP contribution in [0.5, 0.6) is 5.88 Å². The fraction of sp³-hybridized carbons (Fsp3) is 0.529. The number of aromatic nitrogens is 3. The summed E-state index contributed by atoms with van der Waals surface area (Å²) in [6.45, 7) is 7.05. The van der Waals surface area contributed by atoms with Gasteiger partial charge in [-0.1, -0.05) is 6.07 Å². The van der Waals surface area contributed by atoms with E-state index in [1.165, 1.54) is 19.4 Å². The smallest absolute Gasteiger partial charge is 0.213 e. The predicted octanol–water partition coefficient (Wildman–Crippen LogP) is 2.38. The van der Waals surface area contributed by atoms with Crippen molar-refractivity contribution in [2.24, 2.45) is 5.92 Å². The zero-order valence-corrected chi connectivity index (χ0v) is 13.2. The van der Waals surface area contributed by atoms with Gasteiger partial charge in [0.05, 0.1) is 13.2 Å². The SMILES string of the molecule is Cc1cccc(OCC2CCCN(CCn3cccn3)C2)n1. The topological polar surface area (TPSA) is 43.2 Å². The molecule has 0 aliphatic carbocycles. The molecule has 3 heterocycles. The molecule has 2 aromatic heterocycles. The lowest BCUT2D eigenvalue weighted by atomic mass is 9.99. The van der Waals surface area contributed by atoms with Crippen molar-refractivity contribution < 1.29 is 4.74 Å². The van der Waals surface area contributed by atoms with Crippen LogP contribution in [0.15, 0.2) is 36.7 Å². The minimum absolute atomic E-state index is 0.591. The molecule has 0 spiro atoms. The first-order valence-electron chi connectivity index (χ1n) is 8.06. The molecule has 1 aliphatic rings. The summed E-state index contributed by atoms with van der Waals surface area (Å²) < 4.78 is 7.87. The highest BCUT2D eigenvalue weighted by molar-refractivity contribution is 5.14. The molecule has 22 heavy (non-hydrogen) atoms. The number of nitrogens with zero attached hydrogens (tertiary/aromatic N) is 4. The second-order valence-corrected chi connectivity index (χ2v) is 6.01. The van der Waals surface area contributed by atoms with Crippen molar-refractivity contribution in [1.29, 1.82) is 0 Å². The molecule has 0 amide bonds. The Bertz CT molecular complexity index is 570. The average Bonchev–Trinajstić information content (AvgIpc) is 3.05. The van der Waals surface area contributed by atoms with Gasteiger partial charge in [0, 0.05) is 43.2 Å². The first-order chi connectivity index (χ1) is 10.8. The Hall–Kier alpha value is -1.88. The summed E-state index contributed by atoms with van der Waals surface area (Å²) >= 11 is 0. The zero-order valence-electron chi connectivity index (χ0n) is 13.2. The highest BCUT2D eigenvalue weighted by Gasteiger charge is 2.20. The first-order valence-corrected chi connectivity index (χ1v) is 8.06. The van der Waals surface area contributed by atoms with Gasteiger partial charge in [-0.2, -0.15) is 5.10 Å². The summed E-state index contributed by atoms with van der Waals surface area (Å²) in [4.78, 5) is 6.92. The van der Waals surface area contributed by atoms with E-state index >= 15 is 0 Å². The molecule has 1 fully saturated rings. The number of likely N-dealkylation sites (tertiary alicyclic amines) is 1. The molecule has 2 aromatic rings. The summed E-state index contributed by atoms with van der Waals surface area (Å²) in [5.41, 5.74) is 1.00. The van der Waals surface area contributed by atoms with E-state index in [0.717, 1.165) is 37.8 Å². The fourth-order valence-corrected chi connectivity index (χ4v) is 2.97. The van der Waals surface area contributed by atoms with Gasteiger partial charge in [0.25, 0.3) is 0 Å². The number of rotatable bonds is 6. The Labute approximate surface area is 131 Å². The number of ether oxygens (including phenoxy) is 1. The van der Waals surface area contributed by atoms with Gasteiger partial charge in [-0.05, 0) is 38.4 Å². The maximum absolute atomic E-state index is 5.87. The standard InChI is InChI=1S/C17H24N4O/c1-15-5-2-7-17(19-15)22-14-16-6-3-9-20(13-16)11-12-21-10-4-8-18-21/h2,4-5,7-8,10,16H,3,6,9,11-14H2,1H3. The third kappa shape index (κ3) is 4.31. The summed E-state index contributed by atoms with van der Waals surface area (Å²) in [5.74, 6) is 1.34. The van der Waals surface area contributed by atoms with Gasteiger partial charge in [-0.15, -0.1) is 0 Å². The highest BCUT2D eigenvalue weighted by Crippen LogP contribution is 2.18. The predicted molar refractivity (Wildman–Crippen MR) is 85.9 cm³/mol. The Kier molecular flexibility index (Phi) is 5.06. The zero-order chi connectivity index (χ0) is 15.2. The minimum atomic E-state index is 0.591. The number of aryl methyl sites for hydroxylation is 1. The number of piperidine rings is 1. The maximum Gasteiger partial charge on any atom is 0.213 e. The van der Waals surface area contributed by atoms with E-state index in [4.69, 9.17) is 4.74 Å². The molecule has 0 saturated carbocycles. The van der Waals surface area contributed by atoms with Crippen LogP contribution in [0.1, 0.15) is 18.5 Å². The van der Waals surface area contributed by atoms with Gasteiger partial charge >= 0.3 is 0 Å². The normalized spacial score (nSPS) is 19.2. The minimum Gasteiger partial charge on any atom is -0.477 e.